The van der Waals surface area contributed by atoms with Gasteiger partial charge in [0.05, 0.1) is 5.41 Å². The highest BCUT2D eigenvalue weighted by Gasteiger charge is 2.65. The van der Waals surface area contributed by atoms with Crippen molar-refractivity contribution < 1.29 is 4.79 Å². The van der Waals surface area contributed by atoms with Gasteiger partial charge < -0.3 is 10.6 Å². The second-order valence-corrected chi connectivity index (χ2v) is 7.23. The molecule has 3 nitrogen and oxygen atoms in total. The van der Waals surface area contributed by atoms with Crippen LogP contribution in [-0.4, -0.2) is 11.9 Å². The minimum absolute atomic E-state index is 0.142. The first kappa shape index (κ1) is 15.9. The summed E-state index contributed by atoms with van der Waals surface area (Å²) in [5.41, 5.74) is 5.18. The zero-order chi connectivity index (χ0) is 17.6. The molecule has 4 rings (SSSR count). The third-order valence-electron chi connectivity index (χ3n) is 5.74. The molecule has 3 heteroatoms. The van der Waals surface area contributed by atoms with E-state index in [0.29, 0.717) is 6.04 Å². The number of hydrogen-bond acceptors (Lipinski definition) is 2. The molecule has 0 saturated heterocycles. The predicted molar refractivity (Wildman–Crippen MR) is 104 cm³/mol. The highest BCUT2D eigenvalue weighted by Crippen LogP contribution is 2.65. The number of carbonyl (C=O) groups is 1. The average molecular weight is 332 g/mol. The Hall–Kier alpha value is -2.55. The van der Waals surface area contributed by atoms with Crippen LogP contribution in [0.3, 0.4) is 0 Å². The number of benzene rings is 2. The molecule has 0 aromatic heterocycles. The molecule has 1 saturated carbocycles. The van der Waals surface area contributed by atoms with Gasteiger partial charge in [-0.15, -0.1) is 0 Å². The standard InChI is InChI=1S/C22H24N2O/c1-4-14(3)23-20-12-16(11-10-15(20)5-2)18-13-22(18)17-8-6-7-9-19(17)24-21(22)25/h5-12,14,18,23H,2,4,13H2,1,3H3,(H,24,25). The molecule has 3 unspecified atom stereocenters. The van der Waals surface area contributed by atoms with Crippen molar-refractivity contribution in [3.8, 4) is 0 Å². The third kappa shape index (κ3) is 2.38. The first-order valence-corrected chi connectivity index (χ1v) is 9.04. The van der Waals surface area contributed by atoms with E-state index in [1.54, 1.807) is 0 Å². The van der Waals surface area contributed by atoms with Crippen molar-refractivity contribution in [2.45, 2.75) is 44.1 Å². The predicted octanol–water partition coefficient (Wildman–Crippen LogP) is 4.92. The van der Waals surface area contributed by atoms with Crippen LogP contribution in [0.4, 0.5) is 11.4 Å². The lowest BCUT2D eigenvalue weighted by Crippen LogP contribution is -2.21. The van der Waals surface area contributed by atoms with Crippen molar-refractivity contribution in [1.82, 2.24) is 0 Å². The molecule has 1 aliphatic carbocycles. The second kappa shape index (κ2) is 5.76. The van der Waals surface area contributed by atoms with Crippen molar-refractivity contribution in [1.29, 1.82) is 0 Å². The number of fused-ring (bicyclic) bond motifs is 2. The van der Waals surface area contributed by atoms with Crippen molar-refractivity contribution in [2.24, 2.45) is 0 Å². The molecule has 1 amide bonds. The summed E-state index contributed by atoms with van der Waals surface area (Å²) in [5.74, 6) is 0.385. The number of hydrogen-bond donors (Lipinski definition) is 2. The summed E-state index contributed by atoms with van der Waals surface area (Å²) in [6, 6.07) is 14.9. The first-order valence-electron chi connectivity index (χ1n) is 9.04. The molecule has 3 atom stereocenters. The Kier molecular flexibility index (Phi) is 3.68. The molecule has 1 spiro atoms. The van der Waals surface area contributed by atoms with E-state index >= 15 is 0 Å². The van der Waals surface area contributed by atoms with Crippen LogP contribution in [0.25, 0.3) is 6.08 Å². The van der Waals surface area contributed by atoms with Gasteiger partial charge in [-0.1, -0.05) is 49.9 Å². The maximum Gasteiger partial charge on any atom is 0.235 e. The van der Waals surface area contributed by atoms with Crippen LogP contribution in [0.15, 0.2) is 49.0 Å². The van der Waals surface area contributed by atoms with Crippen LogP contribution in [0.5, 0.6) is 0 Å². The molecule has 0 bridgehead atoms. The van der Waals surface area contributed by atoms with Crippen molar-refractivity contribution in [3.63, 3.8) is 0 Å². The Morgan fingerprint density at radius 2 is 2.16 bits per heavy atom. The zero-order valence-electron chi connectivity index (χ0n) is 14.8. The smallest absolute Gasteiger partial charge is 0.235 e. The lowest BCUT2D eigenvalue weighted by Gasteiger charge is -2.17. The van der Waals surface area contributed by atoms with Crippen LogP contribution < -0.4 is 10.6 Å². The minimum Gasteiger partial charge on any atom is -0.382 e. The van der Waals surface area contributed by atoms with Crippen molar-refractivity contribution >= 4 is 23.4 Å². The molecule has 1 fully saturated rings. The zero-order valence-corrected chi connectivity index (χ0v) is 14.8. The van der Waals surface area contributed by atoms with Gasteiger partial charge in [0.15, 0.2) is 0 Å². The van der Waals surface area contributed by atoms with E-state index in [9.17, 15) is 4.79 Å². The number of carbonyl (C=O) groups excluding carboxylic acids is 1. The van der Waals surface area contributed by atoms with Crippen LogP contribution >= 0.6 is 0 Å². The molecular formula is C22H24N2O. The topological polar surface area (TPSA) is 41.1 Å². The molecule has 2 N–H and O–H groups in total. The summed E-state index contributed by atoms with van der Waals surface area (Å²) in [6.45, 7) is 8.27. The molecule has 2 aromatic carbocycles. The molecule has 2 aromatic rings. The largest absolute Gasteiger partial charge is 0.382 e. The van der Waals surface area contributed by atoms with E-state index in [0.717, 1.165) is 35.3 Å². The van der Waals surface area contributed by atoms with Crippen LogP contribution in [0.2, 0.25) is 0 Å². The Morgan fingerprint density at radius 3 is 2.92 bits per heavy atom. The van der Waals surface area contributed by atoms with E-state index in [1.165, 1.54) is 5.56 Å². The van der Waals surface area contributed by atoms with Gasteiger partial charge in [0.25, 0.3) is 0 Å². The highest BCUT2D eigenvalue weighted by molar-refractivity contribution is 6.09. The van der Waals surface area contributed by atoms with Crippen LogP contribution in [-0.2, 0) is 10.2 Å². The summed E-state index contributed by atoms with van der Waals surface area (Å²) >= 11 is 0. The lowest BCUT2D eigenvalue weighted by molar-refractivity contribution is -0.118. The molecule has 0 radical (unpaired) electrons. The quantitative estimate of drug-likeness (QED) is 0.816. The average Bonchev–Trinajstić information content (AvgIpc) is 3.32. The lowest BCUT2D eigenvalue weighted by atomic mass is 9.91. The maximum absolute atomic E-state index is 12.7. The van der Waals surface area contributed by atoms with Gasteiger partial charge in [0.1, 0.15) is 0 Å². The number of rotatable bonds is 5. The third-order valence-corrected chi connectivity index (χ3v) is 5.74. The Labute approximate surface area is 149 Å². The van der Waals surface area contributed by atoms with E-state index in [4.69, 9.17) is 0 Å². The van der Waals surface area contributed by atoms with Gasteiger partial charge in [0, 0.05) is 23.3 Å². The van der Waals surface area contributed by atoms with E-state index in [1.807, 2.05) is 24.3 Å². The van der Waals surface area contributed by atoms with Crippen LogP contribution in [0, 0.1) is 0 Å². The van der Waals surface area contributed by atoms with Gasteiger partial charge in [0.2, 0.25) is 5.91 Å². The number of anilines is 2. The minimum atomic E-state index is -0.375. The molecule has 25 heavy (non-hydrogen) atoms. The molecular weight excluding hydrogens is 308 g/mol. The molecule has 128 valence electrons. The first-order chi connectivity index (χ1) is 12.1. The number of nitrogens with one attached hydrogen (secondary N) is 2. The summed E-state index contributed by atoms with van der Waals surface area (Å²) in [6.07, 6.45) is 3.82. The maximum atomic E-state index is 12.7. The summed E-state index contributed by atoms with van der Waals surface area (Å²) < 4.78 is 0. The van der Waals surface area contributed by atoms with Crippen molar-refractivity contribution in [2.75, 3.05) is 10.6 Å². The fraction of sp³-hybridized carbons (Fsp3) is 0.318. The van der Waals surface area contributed by atoms with Crippen LogP contribution in [0.1, 0.15) is 49.3 Å². The molecule has 1 aliphatic heterocycles. The fourth-order valence-electron chi connectivity index (χ4n) is 4.01. The summed E-state index contributed by atoms with van der Waals surface area (Å²) in [4.78, 5) is 12.7. The van der Waals surface area contributed by atoms with E-state index in [2.05, 4.69) is 55.3 Å². The Balaban J connectivity index is 1.69. The van der Waals surface area contributed by atoms with Gasteiger partial charge in [-0.3, -0.25) is 4.79 Å². The number of amides is 1. The number of para-hydroxylation sites is 1. The van der Waals surface area contributed by atoms with E-state index in [-0.39, 0.29) is 17.2 Å². The van der Waals surface area contributed by atoms with Gasteiger partial charge >= 0.3 is 0 Å². The van der Waals surface area contributed by atoms with Gasteiger partial charge in [-0.05, 0) is 48.6 Å². The van der Waals surface area contributed by atoms with Gasteiger partial charge in [-0.2, -0.15) is 0 Å². The van der Waals surface area contributed by atoms with E-state index < -0.39 is 0 Å². The normalized spacial score (nSPS) is 24.6. The van der Waals surface area contributed by atoms with Gasteiger partial charge in [-0.25, -0.2) is 0 Å². The Morgan fingerprint density at radius 1 is 1.36 bits per heavy atom. The SMILES string of the molecule is C=Cc1ccc(C2CC23C(=O)Nc2ccccc23)cc1NC(C)CC. The molecule has 1 heterocycles. The highest BCUT2D eigenvalue weighted by atomic mass is 16.2. The Bertz CT molecular complexity index is 857. The molecule has 2 aliphatic rings. The summed E-state index contributed by atoms with van der Waals surface area (Å²) in [7, 11) is 0. The second-order valence-electron chi connectivity index (χ2n) is 7.23. The summed E-state index contributed by atoms with van der Waals surface area (Å²) in [5, 5.41) is 6.63. The van der Waals surface area contributed by atoms with Crippen molar-refractivity contribution in [3.05, 3.63) is 65.7 Å². The fourth-order valence-corrected chi connectivity index (χ4v) is 4.01. The monoisotopic (exact) mass is 332 g/mol.